The van der Waals surface area contributed by atoms with Crippen LogP contribution in [0.15, 0.2) is 47.1 Å². The highest BCUT2D eigenvalue weighted by atomic mass is 19.4. The zero-order chi connectivity index (χ0) is 27.1. The van der Waals surface area contributed by atoms with E-state index in [0.29, 0.717) is 18.4 Å². The summed E-state index contributed by atoms with van der Waals surface area (Å²) in [7, 11) is 0. The van der Waals surface area contributed by atoms with E-state index in [2.05, 4.69) is 13.5 Å². The van der Waals surface area contributed by atoms with Crippen molar-refractivity contribution in [3.63, 3.8) is 0 Å². The molecule has 0 aromatic heterocycles. The lowest BCUT2D eigenvalue weighted by Crippen LogP contribution is -2.55. The highest BCUT2D eigenvalue weighted by Gasteiger charge is 2.70. The lowest BCUT2D eigenvalue weighted by atomic mass is 9.62. The minimum absolute atomic E-state index is 0.127. The topological polar surface area (TPSA) is 60.7 Å². The van der Waals surface area contributed by atoms with E-state index in [1.54, 1.807) is 6.92 Å². The summed E-state index contributed by atoms with van der Waals surface area (Å²) in [5.74, 6) is 2.75. The van der Waals surface area contributed by atoms with Crippen molar-refractivity contribution < 1.29 is 41.7 Å². The Kier molecular flexibility index (Phi) is 7.96. The summed E-state index contributed by atoms with van der Waals surface area (Å²) >= 11 is 0. The van der Waals surface area contributed by atoms with E-state index in [-0.39, 0.29) is 30.1 Å². The van der Waals surface area contributed by atoms with E-state index in [4.69, 9.17) is 0 Å². The molecule has 2 fully saturated rings. The first kappa shape index (κ1) is 28.5. The number of aliphatic hydroxyl groups excluding tert-OH is 2. The van der Waals surface area contributed by atoms with Crippen molar-refractivity contribution in [3.8, 4) is 11.8 Å². The fourth-order valence-electron chi connectivity index (χ4n) is 5.83. The van der Waals surface area contributed by atoms with Crippen molar-refractivity contribution in [1.82, 2.24) is 0 Å². The van der Waals surface area contributed by atoms with E-state index < -0.39 is 30.2 Å². The van der Waals surface area contributed by atoms with Crippen LogP contribution in [-0.2, 0) is 0 Å². The van der Waals surface area contributed by atoms with E-state index in [9.17, 15) is 41.7 Å². The maximum atomic E-state index is 12.9. The van der Waals surface area contributed by atoms with Crippen molar-refractivity contribution in [2.45, 2.75) is 89.0 Å². The normalized spacial score (nSPS) is 32.7. The lowest BCUT2D eigenvalue weighted by Gasteiger charge is -2.42. The monoisotopic (exact) mass is 518 g/mol. The van der Waals surface area contributed by atoms with Crippen LogP contribution in [0.3, 0.4) is 0 Å². The highest BCUT2D eigenvalue weighted by Crippen LogP contribution is 2.57. The van der Waals surface area contributed by atoms with Gasteiger partial charge in [0.1, 0.15) is 0 Å². The molecule has 3 aliphatic rings. The van der Waals surface area contributed by atoms with Crippen molar-refractivity contribution in [2.24, 2.45) is 17.3 Å². The summed E-state index contributed by atoms with van der Waals surface area (Å²) < 4.78 is 77.4. The van der Waals surface area contributed by atoms with Crippen LogP contribution in [0.2, 0.25) is 0 Å². The average Bonchev–Trinajstić information content (AvgIpc) is 3.11. The Hall–Kier alpha value is -2.02. The third kappa shape index (κ3) is 5.32. The molecule has 3 aliphatic carbocycles. The van der Waals surface area contributed by atoms with Gasteiger partial charge in [-0.15, -0.1) is 0 Å². The van der Waals surface area contributed by atoms with Crippen molar-refractivity contribution in [3.05, 3.63) is 47.1 Å². The molecule has 0 aromatic carbocycles. The SMILES string of the molecule is C=C1/C(=C\C=C2/CCC[C@]3(C)C([C@@H](C)CC#CC(O)(C(F)(F)F)C(F)(F)F)=CC[C@@H]23)C[C@H](O)C[C@@H]1O. The van der Waals surface area contributed by atoms with Gasteiger partial charge in [0.15, 0.2) is 0 Å². The fourth-order valence-corrected chi connectivity index (χ4v) is 5.83. The van der Waals surface area contributed by atoms with Crippen molar-refractivity contribution >= 4 is 0 Å². The van der Waals surface area contributed by atoms with E-state index in [1.165, 1.54) is 5.57 Å². The molecule has 3 rings (SSSR count). The summed E-state index contributed by atoms with van der Waals surface area (Å²) in [4.78, 5) is 0. The second-order valence-electron chi connectivity index (χ2n) is 10.4. The summed E-state index contributed by atoms with van der Waals surface area (Å²) in [6.07, 6.45) is -3.80. The van der Waals surface area contributed by atoms with Gasteiger partial charge in [-0.05, 0) is 66.4 Å². The quantitative estimate of drug-likeness (QED) is 0.247. The second kappa shape index (κ2) is 10.0. The van der Waals surface area contributed by atoms with Crippen LogP contribution in [-0.4, -0.2) is 45.5 Å². The van der Waals surface area contributed by atoms with Crippen LogP contribution in [0.25, 0.3) is 0 Å². The molecule has 3 N–H and O–H groups in total. The molecule has 2 saturated carbocycles. The summed E-state index contributed by atoms with van der Waals surface area (Å²) in [5.41, 5.74) is -1.86. The summed E-state index contributed by atoms with van der Waals surface area (Å²) in [6.45, 7) is 7.72. The molecule has 0 amide bonds. The molecular weight excluding hydrogens is 486 g/mol. The first-order chi connectivity index (χ1) is 16.5. The van der Waals surface area contributed by atoms with Crippen LogP contribution in [0.4, 0.5) is 26.3 Å². The molecule has 200 valence electrons. The largest absolute Gasteiger partial charge is 0.438 e. The molecule has 0 radical (unpaired) electrons. The number of allylic oxidation sites excluding steroid dienone is 5. The Morgan fingerprint density at radius 2 is 1.81 bits per heavy atom. The Bertz CT molecular complexity index is 1010. The van der Waals surface area contributed by atoms with Crippen LogP contribution in [0.5, 0.6) is 0 Å². The van der Waals surface area contributed by atoms with Gasteiger partial charge < -0.3 is 15.3 Å². The fraction of sp³-hybridized carbons (Fsp3) is 0.630. The molecule has 0 aliphatic heterocycles. The van der Waals surface area contributed by atoms with Crippen LogP contribution < -0.4 is 0 Å². The molecule has 3 nitrogen and oxygen atoms in total. The molecule has 0 heterocycles. The zero-order valence-corrected chi connectivity index (χ0v) is 20.3. The maximum Gasteiger partial charge on any atom is 0.438 e. The van der Waals surface area contributed by atoms with E-state index in [1.807, 2.05) is 24.1 Å². The van der Waals surface area contributed by atoms with Gasteiger partial charge >= 0.3 is 18.0 Å². The number of aliphatic hydroxyl groups is 3. The smallest absolute Gasteiger partial charge is 0.393 e. The molecular formula is C27H32F6O3. The predicted octanol–water partition coefficient (Wildman–Crippen LogP) is 5.93. The first-order valence-electron chi connectivity index (χ1n) is 12.0. The van der Waals surface area contributed by atoms with E-state index >= 15 is 0 Å². The highest BCUT2D eigenvalue weighted by molar-refractivity contribution is 5.40. The number of alkyl halides is 6. The molecule has 36 heavy (non-hydrogen) atoms. The molecule has 0 bridgehead atoms. The summed E-state index contributed by atoms with van der Waals surface area (Å²) in [5, 5.41) is 29.3. The molecule has 9 heteroatoms. The molecule has 0 saturated heterocycles. The molecule has 5 atom stereocenters. The predicted molar refractivity (Wildman–Crippen MR) is 123 cm³/mol. The molecule has 0 aromatic rings. The van der Waals surface area contributed by atoms with Gasteiger partial charge in [-0.3, -0.25) is 0 Å². The number of rotatable bonds is 3. The number of hydrogen-bond donors (Lipinski definition) is 3. The Labute approximate surface area is 207 Å². The standard InChI is InChI=1S/C27H32F6O3/c1-16(6-4-13-25(36,26(28,29)30)27(31,32)33)21-10-11-22-18(7-5-12-24(21,22)3)8-9-19-14-20(34)15-23(35)17(19)2/h8-10,16,20,22-23,34-36H,2,5-7,11-12,14-15H2,1,3H3/b18-8+,19-9-/t16-,20-,22-,23-,24+/m0/s1. The van der Waals surface area contributed by atoms with Crippen LogP contribution in [0.1, 0.15) is 58.8 Å². The number of fused-ring (bicyclic) bond motifs is 1. The van der Waals surface area contributed by atoms with Crippen LogP contribution in [0, 0.1) is 29.1 Å². The minimum Gasteiger partial charge on any atom is -0.393 e. The van der Waals surface area contributed by atoms with Gasteiger partial charge in [-0.25, -0.2) is 0 Å². The molecule has 0 spiro atoms. The third-order valence-corrected chi connectivity index (χ3v) is 7.90. The number of halogens is 6. The zero-order valence-electron chi connectivity index (χ0n) is 20.3. The molecule has 0 unspecified atom stereocenters. The van der Waals surface area contributed by atoms with E-state index in [0.717, 1.165) is 36.3 Å². The van der Waals surface area contributed by atoms with Crippen LogP contribution >= 0.6 is 0 Å². The van der Waals surface area contributed by atoms with Gasteiger partial charge in [0.2, 0.25) is 0 Å². The Morgan fingerprint density at radius 1 is 1.17 bits per heavy atom. The second-order valence-corrected chi connectivity index (χ2v) is 10.4. The van der Waals surface area contributed by atoms with Crippen molar-refractivity contribution in [1.29, 1.82) is 0 Å². The van der Waals surface area contributed by atoms with Crippen molar-refractivity contribution in [2.75, 3.05) is 0 Å². The van der Waals surface area contributed by atoms with Gasteiger partial charge in [-0.1, -0.05) is 55.7 Å². The maximum absolute atomic E-state index is 12.9. The average molecular weight is 519 g/mol. The Morgan fingerprint density at radius 3 is 2.42 bits per heavy atom. The first-order valence-corrected chi connectivity index (χ1v) is 12.0. The van der Waals surface area contributed by atoms with Gasteiger partial charge in [0.25, 0.3) is 0 Å². The van der Waals surface area contributed by atoms with Gasteiger partial charge in [-0.2, -0.15) is 26.3 Å². The Balaban J connectivity index is 1.78. The third-order valence-electron chi connectivity index (χ3n) is 7.90. The summed E-state index contributed by atoms with van der Waals surface area (Å²) in [6, 6.07) is 0. The van der Waals surface area contributed by atoms with Gasteiger partial charge in [0, 0.05) is 12.8 Å². The lowest BCUT2D eigenvalue weighted by molar-refractivity contribution is -0.343. The minimum atomic E-state index is -5.96. The van der Waals surface area contributed by atoms with Gasteiger partial charge in [0.05, 0.1) is 12.2 Å². The number of hydrogen-bond acceptors (Lipinski definition) is 3.